The van der Waals surface area contributed by atoms with Crippen LogP contribution in [0.25, 0.3) is 0 Å². The largest absolute Gasteiger partial charge is 0.377 e. The molecule has 0 radical (unpaired) electrons. The molecule has 0 aromatic carbocycles. The lowest BCUT2D eigenvalue weighted by atomic mass is 9.97. The lowest BCUT2D eigenvalue weighted by Gasteiger charge is -2.29. The molecule has 1 unspecified atom stereocenters. The number of ether oxygens (including phenoxy) is 1. The molecule has 1 aromatic heterocycles. The van der Waals surface area contributed by atoms with Gasteiger partial charge in [-0.25, -0.2) is 0 Å². The molecule has 0 amide bonds. The van der Waals surface area contributed by atoms with Crippen molar-refractivity contribution in [1.29, 1.82) is 0 Å². The third kappa shape index (κ3) is 2.23. The van der Waals surface area contributed by atoms with E-state index in [1.165, 1.54) is 0 Å². The molecule has 0 aliphatic carbocycles. The first kappa shape index (κ1) is 10.1. The summed E-state index contributed by atoms with van der Waals surface area (Å²) in [4.78, 5) is 8.08. The van der Waals surface area contributed by atoms with E-state index in [4.69, 9.17) is 10.5 Å². The fraction of sp³-hybridized carbons (Fsp3) is 0.556. The third-order valence-corrected chi connectivity index (χ3v) is 2.18. The Hall–Kier alpha value is -1.00. The normalized spacial score (nSPS) is 14.2. The van der Waals surface area contributed by atoms with Gasteiger partial charge in [0.15, 0.2) is 0 Å². The van der Waals surface area contributed by atoms with E-state index < -0.39 is 5.60 Å². The van der Waals surface area contributed by atoms with Gasteiger partial charge in [-0.2, -0.15) is 0 Å². The van der Waals surface area contributed by atoms with Gasteiger partial charge in [-0.05, 0) is 13.8 Å². The second-order valence-electron chi connectivity index (χ2n) is 3.42. The zero-order valence-corrected chi connectivity index (χ0v) is 8.19. The Balaban J connectivity index is 2.85. The topological polar surface area (TPSA) is 61.0 Å². The van der Waals surface area contributed by atoms with Gasteiger partial charge in [0.2, 0.25) is 0 Å². The van der Waals surface area contributed by atoms with Gasteiger partial charge in [-0.3, -0.25) is 9.97 Å². The Bertz CT molecular complexity index is 261. The molecule has 0 aliphatic heterocycles. The first-order valence-electron chi connectivity index (χ1n) is 4.14. The summed E-state index contributed by atoms with van der Waals surface area (Å²) in [5.41, 5.74) is 6.28. The second kappa shape index (κ2) is 3.81. The van der Waals surface area contributed by atoms with E-state index in [0.717, 1.165) is 5.69 Å². The predicted molar refractivity (Wildman–Crippen MR) is 50.0 cm³/mol. The average molecular weight is 181 g/mol. The molecule has 4 heteroatoms. The van der Waals surface area contributed by atoms with Crippen LogP contribution < -0.4 is 5.73 Å². The van der Waals surface area contributed by atoms with Gasteiger partial charge < -0.3 is 10.5 Å². The minimum Gasteiger partial charge on any atom is -0.377 e. The summed E-state index contributed by atoms with van der Waals surface area (Å²) < 4.78 is 5.26. The van der Waals surface area contributed by atoms with E-state index in [0.29, 0.717) is 0 Å². The van der Waals surface area contributed by atoms with E-state index in [-0.39, 0.29) is 6.04 Å². The Morgan fingerprint density at radius 1 is 1.46 bits per heavy atom. The lowest BCUT2D eigenvalue weighted by Crippen LogP contribution is -2.37. The van der Waals surface area contributed by atoms with Crippen LogP contribution >= 0.6 is 0 Å². The molecule has 13 heavy (non-hydrogen) atoms. The van der Waals surface area contributed by atoms with Crippen molar-refractivity contribution in [3.63, 3.8) is 0 Å². The van der Waals surface area contributed by atoms with Gasteiger partial charge in [-0.1, -0.05) is 0 Å². The molecule has 72 valence electrons. The van der Waals surface area contributed by atoms with E-state index in [9.17, 15) is 0 Å². The molecule has 0 aliphatic rings. The highest BCUT2D eigenvalue weighted by atomic mass is 16.5. The Morgan fingerprint density at radius 2 is 2.15 bits per heavy atom. The highest BCUT2D eigenvalue weighted by Crippen LogP contribution is 2.23. The van der Waals surface area contributed by atoms with Crippen molar-refractivity contribution in [2.75, 3.05) is 7.11 Å². The van der Waals surface area contributed by atoms with Crippen LogP contribution in [0.15, 0.2) is 18.6 Å². The van der Waals surface area contributed by atoms with Crippen LogP contribution in [-0.4, -0.2) is 22.7 Å². The van der Waals surface area contributed by atoms with Crippen molar-refractivity contribution < 1.29 is 4.74 Å². The molecule has 1 rings (SSSR count). The Labute approximate surface area is 78.1 Å². The first-order valence-corrected chi connectivity index (χ1v) is 4.14. The number of aromatic nitrogens is 2. The molecule has 0 spiro atoms. The van der Waals surface area contributed by atoms with Gasteiger partial charge in [0, 0.05) is 19.5 Å². The maximum atomic E-state index is 5.96. The van der Waals surface area contributed by atoms with Crippen LogP contribution in [0.2, 0.25) is 0 Å². The van der Waals surface area contributed by atoms with Gasteiger partial charge in [0.25, 0.3) is 0 Å². The van der Waals surface area contributed by atoms with Gasteiger partial charge >= 0.3 is 0 Å². The smallest absolute Gasteiger partial charge is 0.0830 e. The van der Waals surface area contributed by atoms with Crippen molar-refractivity contribution >= 4 is 0 Å². The molecule has 1 atom stereocenters. The molecule has 0 saturated heterocycles. The number of nitrogens with two attached hydrogens (primary N) is 1. The van der Waals surface area contributed by atoms with Crippen molar-refractivity contribution in [2.24, 2.45) is 5.73 Å². The minimum atomic E-state index is -0.421. The summed E-state index contributed by atoms with van der Waals surface area (Å²) in [6, 6.07) is -0.258. The fourth-order valence-corrected chi connectivity index (χ4v) is 0.954. The van der Waals surface area contributed by atoms with Crippen LogP contribution in [0, 0.1) is 0 Å². The monoisotopic (exact) mass is 181 g/mol. The van der Waals surface area contributed by atoms with Crippen LogP contribution in [0.3, 0.4) is 0 Å². The predicted octanol–water partition coefficient (Wildman–Crippen LogP) is 0.901. The van der Waals surface area contributed by atoms with Crippen LogP contribution in [0.4, 0.5) is 0 Å². The molecule has 0 fully saturated rings. The molecule has 1 heterocycles. The highest BCUT2D eigenvalue weighted by molar-refractivity contribution is 5.06. The average Bonchev–Trinajstić information content (AvgIpc) is 2.18. The molecule has 1 aromatic rings. The summed E-state index contributed by atoms with van der Waals surface area (Å²) in [6.07, 6.45) is 4.91. The van der Waals surface area contributed by atoms with Crippen molar-refractivity contribution in [2.45, 2.75) is 25.5 Å². The first-order chi connectivity index (χ1) is 6.08. The molecule has 2 N–H and O–H groups in total. The summed E-state index contributed by atoms with van der Waals surface area (Å²) in [6.45, 7) is 3.85. The lowest BCUT2D eigenvalue weighted by molar-refractivity contribution is -0.00118. The van der Waals surface area contributed by atoms with Gasteiger partial charge in [0.1, 0.15) is 0 Å². The Kier molecular flexibility index (Phi) is 2.95. The molecular weight excluding hydrogens is 166 g/mol. The van der Waals surface area contributed by atoms with Crippen LogP contribution in [-0.2, 0) is 4.74 Å². The van der Waals surface area contributed by atoms with Gasteiger partial charge in [-0.15, -0.1) is 0 Å². The number of nitrogens with zero attached hydrogens (tertiary/aromatic N) is 2. The van der Waals surface area contributed by atoms with E-state index in [1.54, 1.807) is 25.7 Å². The number of rotatable bonds is 3. The molecule has 0 bridgehead atoms. The summed E-state index contributed by atoms with van der Waals surface area (Å²) in [7, 11) is 1.64. The summed E-state index contributed by atoms with van der Waals surface area (Å²) in [5, 5.41) is 0. The second-order valence-corrected chi connectivity index (χ2v) is 3.42. The number of hydrogen-bond donors (Lipinski definition) is 1. The maximum Gasteiger partial charge on any atom is 0.0830 e. The molecule has 0 saturated carbocycles. The van der Waals surface area contributed by atoms with Gasteiger partial charge in [0.05, 0.1) is 23.5 Å². The number of hydrogen-bond acceptors (Lipinski definition) is 4. The number of methoxy groups -OCH3 is 1. The summed E-state index contributed by atoms with van der Waals surface area (Å²) >= 11 is 0. The molecular formula is C9H15N3O. The van der Waals surface area contributed by atoms with Crippen LogP contribution in [0.1, 0.15) is 25.6 Å². The zero-order valence-electron chi connectivity index (χ0n) is 8.19. The fourth-order valence-electron chi connectivity index (χ4n) is 0.954. The standard InChI is InChI=1S/C9H15N3O/c1-9(2,13-3)8(10)7-6-11-4-5-12-7/h4-6,8H,10H2,1-3H3. The molecule has 4 nitrogen and oxygen atoms in total. The van der Waals surface area contributed by atoms with E-state index in [2.05, 4.69) is 9.97 Å². The van der Waals surface area contributed by atoms with Crippen LogP contribution in [0.5, 0.6) is 0 Å². The van der Waals surface area contributed by atoms with E-state index >= 15 is 0 Å². The minimum absolute atomic E-state index is 0.258. The van der Waals surface area contributed by atoms with Crippen molar-refractivity contribution in [1.82, 2.24) is 9.97 Å². The maximum absolute atomic E-state index is 5.96. The quantitative estimate of drug-likeness (QED) is 0.752. The van der Waals surface area contributed by atoms with Crippen molar-refractivity contribution in [3.05, 3.63) is 24.3 Å². The third-order valence-electron chi connectivity index (χ3n) is 2.18. The highest BCUT2D eigenvalue weighted by Gasteiger charge is 2.28. The van der Waals surface area contributed by atoms with E-state index in [1.807, 2.05) is 13.8 Å². The Morgan fingerprint density at radius 3 is 2.62 bits per heavy atom. The summed E-state index contributed by atoms with van der Waals surface area (Å²) in [5.74, 6) is 0. The SMILES string of the molecule is COC(C)(C)C(N)c1cnccn1. The van der Waals surface area contributed by atoms with Crippen molar-refractivity contribution in [3.8, 4) is 0 Å². The zero-order chi connectivity index (χ0) is 9.90.